The summed E-state index contributed by atoms with van der Waals surface area (Å²) >= 11 is 0. The second-order valence-electron chi connectivity index (χ2n) is 10.7. The van der Waals surface area contributed by atoms with E-state index in [9.17, 15) is 16.8 Å². The summed E-state index contributed by atoms with van der Waals surface area (Å²) in [5, 5.41) is 0. The van der Waals surface area contributed by atoms with Crippen molar-refractivity contribution in [2.24, 2.45) is 0 Å². The molecule has 0 heterocycles. The Morgan fingerprint density at radius 1 is 0.391 bits per heavy atom. The number of benzene rings is 6. The minimum absolute atomic E-state index is 0.178. The summed E-state index contributed by atoms with van der Waals surface area (Å²) in [4.78, 5) is 0.833. The fourth-order valence-electron chi connectivity index (χ4n) is 4.83. The summed E-state index contributed by atoms with van der Waals surface area (Å²) in [6, 6.07) is 43.2. The van der Waals surface area contributed by atoms with E-state index in [1.54, 1.807) is 84.9 Å². The van der Waals surface area contributed by atoms with Gasteiger partial charge in [-0.3, -0.25) is 0 Å². The SMILES string of the molecule is Cc1ccc(S(=O)(=O)c2ccc(Oc3ccc(Oc4ccc(S(=O)(=O)c5ccc(Cc6ccccc6)cc5)cc4)cc3)cc2)cc1. The van der Waals surface area contributed by atoms with Gasteiger partial charge in [-0.1, -0.05) is 60.2 Å². The van der Waals surface area contributed by atoms with E-state index < -0.39 is 19.7 Å². The molecule has 0 aromatic heterocycles. The van der Waals surface area contributed by atoms with Crippen LogP contribution in [0.1, 0.15) is 16.7 Å². The Morgan fingerprint density at radius 3 is 1.09 bits per heavy atom. The van der Waals surface area contributed by atoms with E-state index in [0.29, 0.717) is 23.0 Å². The van der Waals surface area contributed by atoms with Crippen molar-refractivity contribution < 1.29 is 26.3 Å². The molecule has 0 bridgehead atoms. The molecule has 0 aliphatic heterocycles. The zero-order valence-corrected chi connectivity index (χ0v) is 26.5. The molecule has 6 nitrogen and oxygen atoms in total. The summed E-state index contributed by atoms with van der Waals surface area (Å²) in [5.74, 6) is 2.05. The maximum Gasteiger partial charge on any atom is 0.206 e. The summed E-state index contributed by atoms with van der Waals surface area (Å²) in [6.45, 7) is 1.90. The largest absolute Gasteiger partial charge is 0.457 e. The summed E-state index contributed by atoms with van der Waals surface area (Å²) in [6.07, 6.45) is 0.731. The molecule has 0 unspecified atom stereocenters. The monoisotopic (exact) mass is 646 g/mol. The number of hydrogen-bond donors (Lipinski definition) is 0. The van der Waals surface area contributed by atoms with Gasteiger partial charge in [0.1, 0.15) is 23.0 Å². The molecule has 0 atom stereocenters. The Balaban J connectivity index is 1.06. The molecule has 0 N–H and O–H groups in total. The van der Waals surface area contributed by atoms with Gasteiger partial charge in [-0.25, -0.2) is 16.8 Å². The van der Waals surface area contributed by atoms with Crippen molar-refractivity contribution in [2.75, 3.05) is 0 Å². The summed E-state index contributed by atoms with van der Waals surface area (Å²) < 4.78 is 64.1. The molecule has 8 heteroatoms. The van der Waals surface area contributed by atoms with Crippen LogP contribution in [0.5, 0.6) is 23.0 Å². The summed E-state index contributed by atoms with van der Waals surface area (Å²) in [7, 11) is -7.31. The number of ether oxygens (including phenoxy) is 2. The zero-order chi connectivity index (χ0) is 32.1. The first kappa shape index (κ1) is 30.8. The van der Waals surface area contributed by atoms with Crippen LogP contribution in [0.25, 0.3) is 0 Å². The van der Waals surface area contributed by atoms with Crippen molar-refractivity contribution in [3.05, 3.63) is 168 Å². The van der Waals surface area contributed by atoms with Gasteiger partial charge in [-0.05, 0) is 122 Å². The molecule has 0 saturated heterocycles. The Labute approximate surface area is 269 Å². The lowest BCUT2D eigenvalue weighted by atomic mass is 10.1. The second kappa shape index (κ2) is 13.0. The number of hydrogen-bond acceptors (Lipinski definition) is 6. The van der Waals surface area contributed by atoms with Crippen LogP contribution in [0.2, 0.25) is 0 Å². The molecule has 0 fully saturated rings. The van der Waals surface area contributed by atoms with Crippen LogP contribution in [-0.4, -0.2) is 16.8 Å². The predicted octanol–water partition coefficient (Wildman–Crippen LogP) is 8.84. The maximum absolute atomic E-state index is 13.2. The zero-order valence-electron chi connectivity index (χ0n) is 24.9. The lowest BCUT2D eigenvalue weighted by Gasteiger charge is -2.10. The number of sulfone groups is 2. The van der Waals surface area contributed by atoms with Crippen molar-refractivity contribution in [1.29, 1.82) is 0 Å². The molecular weight excluding hydrogens is 617 g/mol. The first-order valence-electron chi connectivity index (χ1n) is 14.5. The molecule has 0 spiro atoms. The molecule has 46 heavy (non-hydrogen) atoms. The average molecular weight is 647 g/mol. The van der Waals surface area contributed by atoms with Crippen LogP contribution < -0.4 is 9.47 Å². The Morgan fingerprint density at radius 2 is 0.696 bits per heavy atom. The van der Waals surface area contributed by atoms with Crippen LogP contribution in [0, 0.1) is 6.92 Å². The highest BCUT2D eigenvalue weighted by atomic mass is 32.2. The molecular formula is C38H30O6S2. The molecule has 0 amide bonds. The van der Waals surface area contributed by atoms with Crippen molar-refractivity contribution >= 4 is 19.7 Å². The van der Waals surface area contributed by atoms with Crippen molar-refractivity contribution in [2.45, 2.75) is 32.9 Å². The second-order valence-corrected chi connectivity index (χ2v) is 14.6. The van der Waals surface area contributed by atoms with E-state index in [2.05, 4.69) is 0 Å². The van der Waals surface area contributed by atoms with E-state index in [1.165, 1.54) is 24.3 Å². The van der Waals surface area contributed by atoms with Gasteiger partial charge in [0.25, 0.3) is 0 Å². The van der Waals surface area contributed by atoms with E-state index in [1.807, 2.05) is 49.4 Å². The summed E-state index contributed by atoms with van der Waals surface area (Å²) in [5.41, 5.74) is 3.18. The standard InChI is InChI=1S/C38H30O6S2/c1-28-7-19-35(20-8-28)45(39,40)37-23-15-33(16-24-37)43-31-11-13-32(14-12-31)44-34-17-25-38(26-18-34)46(41,42)36-21-9-30(10-22-36)27-29-5-3-2-4-6-29/h2-26H,27H2,1H3. The van der Waals surface area contributed by atoms with Crippen LogP contribution in [0.3, 0.4) is 0 Å². The third-order valence-electron chi connectivity index (χ3n) is 7.38. The quantitative estimate of drug-likeness (QED) is 0.148. The molecule has 0 saturated carbocycles. The lowest BCUT2D eigenvalue weighted by molar-refractivity contribution is 0.469. The van der Waals surface area contributed by atoms with E-state index in [-0.39, 0.29) is 19.6 Å². The molecule has 6 aromatic carbocycles. The highest BCUT2D eigenvalue weighted by Gasteiger charge is 2.19. The Bertz CT molecular complexity index is 2140. The fourth-order valence-corrected chi connectivity index (χ4v) is 7.35. The first-order valence-corrected chi connectivity index (χ1v) is 17.5. The van der Waals surface area contributed by atoms with Crippen molar-refractivity contribution in [3.8, 4) is 23.0 Å². The van der Waals surface area contributed by atoms with Crippen molar-refractivity contribution in [3.63, 3.8) is 0 Å². The third-order valence-corrected chi connectivity index (χ3v) is 11.0. The van der Waals surface area contributed by atoms with Crippen LogP contribution in [0.4, 0.5) is 0 Å². The Kier molecular flexibility index (Phi) is 8.74. The van der Waals surface area contributed by atoms with Crippen LogP contribution in [-0.2, 0) is 26.1 Å². The van der Waals surface area contributed by atoms with Gasteiger partial charge < -0.3 is 9.47 Å². The van der Waals surface area contributed by atoms with Crippen molar-refractivity contribution in [1.82, 2.24) is 0 Å². The minimum atomic E-state index is -3.69. The molecule has 6 aromatic rings. The van der Waals surface area contributed by atoms with Crippen LogP contribution in [0.15, 0.2) is 171 Å². The number of rotatable bonds is 10. The highest BCUT2D eigenvalue weighted by Crippen LogP contribution is 2.30. The third kappa shape index (κ3) is 7.04. The molecule has 6 rings (SSSR count). The van der Waals surface area contributed by atoms with Gasteiger partial charge in [-0.15, -0.1) is 0 Å². The van der Waals surface area contributed by atoms with Gasteiger partial charge in [-0.2, -0.15) is 0 Å². The Hall–Kier alpha value is -5.18. The average Bonchev–Trinajstić information content (AvgIpc) is 3.07. The van der Waals surface area contributed by atoms with E-state index in [4.69, 9.17) is 9.47 Å². The molecule has 0 radical (unpaired) electrons. The number of aryl methyl sites for hydroxylation is 1. The minimum Gasteiger partial charge on any atom is -0.457 e. The smallest absolute Gasteiger partial charge is 0.206 e. The van der Waals surface area contributed by atoms with Gasteiger partial charge in [0.2, 0.25) is 19.7 Å². The maximum atomic E-state index is 13.2. The van der Waals surface area contributed by atoms with Gasteiger partial charge in [0.05, 0.1) is 19.6 Å². The normalized spacial score (nSPS) is 11.6. The molecule has 0 aliphatic rings. The molecule has 0 aliphatic carbocycles. The van der Waals surface area contributed by atoms with Gasteiger partial charge in [0.15, 0.2) is 0 Å². The lowest BCUT2D eigenvalue weighted by Crippen LogP contribution is -2.02. The fraction of sp³-hybridized carbons (Fsp3) is 0.0526. The van der Waals surface area contributed by atoms with Gasteiger partial charge in [0, 0.05) is 0 Å². The predicted molar refractivity (Wildman–Crippen MR) is 177 cm³/mol. The van der Waals surface area contributed by atoms with Crippen LogP contribution >= 0.6 is 0 Å². The van der Waals surface area contributed by atoms with E-state index in [0.717, 1.165) is 23.1 Å². The highest BCUT2D eigenvalue weighted by molar-refractivity contribution is 7.91. The first-order chi connectivity index (χ1) is 22.2. The van der Waals surface area contributed by atoms with E-state index >= 15 is 0 Å². The molecule has 230 valence electrons. The topological polar surface area (TPSA) is 86.7 Å². The van der Waals surface area contributed by atoms with Gasteiger partial charge >= 0.3 is 0 Å².